The van der Waals surface area contributed by atoms with Crippen LogP contribution in [-0.4, -0.2) is 28.9 Å². The Hall–Kier alpha value is -2.29. The van der Waals surface area contributed by atoms with Crippen molar-refractivity contribution in [2.45, 2.75) is 19.4 Å². The number of amides is 2. The smallest absolute Gasteiger partial charge is 0.251 e. The number of nitrogens with zero attached hydrogens (tertiary/aromatic N) is 2. The normalized spacial score (nSPS) is 17.9. The van der Waals surface area contributed by atoms with Gasteiger partial charge in [0.2, 0.25) is 5.91 Å². The zero-order valence-electron chi connectivity index (χ0n) is 10.8. The standard InChI is InChI=1S/C11H13F2N5O2/c1-11(2)10(20)15-7(19)4-18(11)9-6(13)3-5(12)8(16-9)17-14/h3H,4,14H2,1-2H3,(H,16,17)(H,15,19,20). The third-order valence-corrected chi connectivity index (χ3v) is 3.09. The van der Waals surface area contributed by atoms with Crippen molar-refractivity contribution in [3.05, 3.63) is 17.7 Å². The van der Waals surface area contributed by atoms with Gasteiger partial charge in [0, 0.05) is 6.07 Å². The van der Waals surface area contributed by atoms with E-state index in [1.54, 1.807) is 0 Å². The topological polar surface area (TPSA) is 100 Å². The average molecular weight is 285 g/mol. The van der Waals surface area contributed by atoms with E-state index in [1.807, 2.05) is 5.43 Å². The minimum Gasteiger partial charge on any atom is -0.331 e. The Morgan fingerprint density at radius 3 is 2.65 bits per heavy atom. The van der Waals surface area contributed by atoms with Crippen molar-refractivity contribution in [1.82, 2.24) is 10.3 Å². The number of pyridine rings is 1. The molecule has 0 atom stereocenters. The van der Waals surface area contributed by atoms with E-state index in [9.17, 15) is 18.4 Å². The average Bonchev–Trinajstić information content (AvgIpc) is 2.35. The van der Waals surface area contributed by atoms with E-state index in [1.165, 1.54) is 13.8 Å². The summed E-state index contributed by atoms with van der Waals surface area (Å²) in [5.74, 6) is 1.22. The van der Waals surface area contributed by atoms with E-state index < -0.39 is 29.0 Å². The molecular weight excluding hydrogens is 272 g/mol. The van der Waals surface area contributed by atoms with Gasteiger partial charge in [-0.05, 0) is 13.8 Å². The molecule has 1 aliphatic heterocycles. The van der Waals surface area contributed by atoms with Crippen LogP contribution in [-0.2, 0) is 9.59 Å². The van der Waals surface area contributed by atoms with Crippen molar-refractivity contribution in [3.8, 4) is 0 Å². The molecule has 0 spiro atoms. The van der Waals surface area contributed by atoms with Crippen LogP contribution in [0.25, 0.3) is 0 Å². The fourth-order valence-corrected chi connectivity index (χ4v) is 1.87. The molecule has 1 aromatic heterocycles. The van der Waals surface area contributed by atoms with Crippen LogP contribution in [0.4, 0.5) is 20.4 Å². The van der Waals surface area contributed by atoms with Gasteiger partial charge in [-0.25, -0.2) is 19.6 Å². The van der Waals surface area contributed by atoms with Crippen molar-refractivity contribution in [3.63, 3.8) is 0 Å². The van der Waals surface area contributed by atoms with Gasteiger partial charge < -0.3 is 10.3 Å². The number of nitrogens with one attached hydrogen (secondary N) is 2. The zero-order valence-corrected chi connectivity index (χ0v) is 10.8. The van der Waals surface area contributed by atoms with Gasteiger partial charge in [0.25, 0.3) is 5.91 Å². The molecule has 9 heteroatoms. The predicted molar refractivity (Wildman–Crippen MR) is 66.5 cm³/mol. The predicted octanol–water partition coefficient (Wildman–Crippen LogP) is -0.113. The first kappa shape index (κ1) is 14.1. The van der Waals surface area contributed by atoms with E-state index in [-0.39, 0.29) is 18.2 Å². The lowest BCUT2D eigenvalue weighted by molar-refractivity contribution is -0.135. The van der Waals surface area contributed by atoms with Gasteiger partial charge in [-0.2, -0.15) is 0 Å². The number of nitrogens with two attached hydrogens (primary N) is 1. The van der Waals surface area contributed by atoms with E-state index in [0.29, 0.717) is 6.07 Å². The van der Waals surface area contributed by atoms with Gasteiger partial charge in [0.05, 0.1) is 6.54 Å². The molecular formula is C11H13F2N5O2. The van der Waals surface area contributed by atoms with Crippen LogP contribution in [0.3, 0.4) is 0 Å². The summed E-state index contributed by atoms with van der Waals surface area (Å²) in [6.45, 7) is 2.71. The van der Waals surface area contributed by atoms with Gasteiger partial charge >= 0.3 is 0 Å². The summed E-state index contributed by atoms with van der Waals surface area (Å²) in [6, 6.07) is 0.588. The molecule has 7 nitrogen and oxygen atoms in total. The molecule has 0 bridgehead atoms. The first-order chi connectivity index (χ1) is 9.27. The first-order valence-electron chi connectivity index (χ1n) is 5.72. The number of rotatable bonds is 2. The number of carbonyl (C=O) groups is 2. The summed E-state index contributed by atoms with van der Waals surface area (Å²) in [7, 11) is 0. The maximum atomic E-state index is 13.9. The van der Waals surface area contributed by atoms with E-state index in [2.05, 4.69) is 10.3 Å². The number of hydrazine groups is 1. The number of aromatic nitrogens is 1. The fourth-order valence-electron chi connectivity index (χ4n) is 1.87. The Morgan fingerprint density at radius 2 is 2.05 bits per heavy atom. The molecule has 0 aromatic carbocycles. The molecule has 1 saturated heterocycles. The Bertz CT molecular complexity index is 590. The summed E-state index contributed by atoms with van der Waals surface area (Å²) in [5.41, 5.74) is 0.770. The molecule has 0 radical (unpaired) electrons. The maximum absolute atomic E-state index is 13.9. The molecule has 4 N–H and O–H groups in total. The molecule has 0 unspecified atom stereocenters. The summed E-state index contributed by atoms with van der Waals surface area (Å²) in [4.78, 5) is 28.1. The van der Waals surface area contributed by atoms with Gasteiger partial charge in [-0.15, -0.1) is 0 Å². The number of halogens is 2. The third kappa shape index (κ3) is 2.16. The number of anilines is 2. The molecule has 0 saturated carbocycles. The highest BCUT2D eigenvalue weighted by Gasteiger charge is 2.42. The Labute approximate surface area is 113 Å². The minimum atomic E-state index is -1.22. The highest BCUT2D eigenvalue weighted by molar-refractivity contribution is 6.06. The van der Waals surface area contributed by atoms with Gasteiger partial charge in [0.1, 0.15) is 5.54 Å². The molecule has 1 aliphatic rings. The second-order valence-corrected chi connectivity index (χ2v) is 4.79. The summed E-state index contributed by atoms with van der Waals surface area (Å²) >= 11 is 0. The number of carbonyl (C=O) groups excluding carboxylic acids is 2. The highest BCUT2D eigenvalue weighted by atomic mass is 19.1. The quantitative estimate of drug-likeness (QED) is 0.398. The second-order valence-electron chi connectivity index (χ2n) is 4.79. The van der Waals surface area contributed by atoms with Crippen LogP contribution in [0.1, 0.15) is 13.8 Å². The van der Waals surface area contributed by atoms with Crippen LogP contribution in [0.5, 0.6) is 0 Å². The second kappa shape index (κ2) is 4.67. The minimum absolute atomic E-state index is 0.279. The molecule has 1 aromatic rings. The van der Waals surface area contributed by atoms with E-state index in [4.69, 9.17) is 5.84 Å². The van der Waals surface area contributed by atoms with Crippen LogP contribution in [0.15, 0.2) is 6.07 Å². The fraction of sp³-hybridized carbons (Fsp3) is 0.364. The summed E-state index contributed by atoms with van der Waals surface area (Å²) in [6.07, 6.45) is 0. The first-order valence-corrected chi connectivity index (χ1v) is 5.72. The zero-order chi connectivity index (χ0) is 15.1. The lowest BCUT2D eigenvalue weighted by atomic mass is 9.98. The monoisotopic (exact) mass is 285 g/mol. The molecule has 2 rings (SSSR count). The van der Waals surface area contributed by atoms with Crippen molar-refractivity contribution in [2.75, 3.05) is 16.9 Å². The van der Waals surface area contributed by atoms with Crippen LogP contribution < -0.4 is 21.5 Å². The number of piperazine rings is 1. The third-order valence-electron chi connectivity index (χ3n) is 3.09. The molecule has 0 aliphatic carbocycles. The van der Waals surface area contributed by atoms with E-state index in [0.717, 1.165) is 4.90 Å². The molecule has 20 heavy (non-hydrogen) atoms. The lowest BCUT2D eigenvalue weighted by Gasteiger charge is -2.41. The van der Waals surface area contributed by atoms with Gasteiger partial charge in [-0.3, -0.25) is 14.9 Å². The Kier molecular flexibility index (Phi) is 3.30. The van der Waals surface area contributed by atoms with Crippen LogP contribution >= 0.6 is 0 Å². The highest BCUT2D eigenvalue weighted by Crippen LogP contribution is 2.29. The molecule has 108 valence electrons. The lowest BCUT2D eigenvalue weighted by Crippen LogP contribution is -2.64. The molecule has 2 amide bonds. The van der Waals surface area contributed by atoms with Crippen molar-refractivity contribution in [2.24, 2.45) is 5.84 Å². The van der Waals surface area contributed by atoms with Gasteiger partial charge in [0.15, 0.2) is 23.3 Å². The van der Waals surface area contributed by atoms with Crippen LogP contribution in [0, 0.1) is 11.6 Å². The van der Waals surface area contributed by atoms with Crippen molar-refractivity contribution in [1.29, 1.82) is 0 Å². The number of hydrogen-bond acceptors (Lipinski definition) is 6. The van der Waals surface area contributed by atoms with Crippen LogP contribution in [0.2, 0.25) is 0 Å². The largest absolute Gasteiger partial charge is 0.331 e. The van der Waals surface area contributed by atoms with Gasteiger partial charge in [-0.1, -0.05) is 0 Å². The van der Waals surface area contributed by atoms with E-state index >= 15 is 0 Å². The Balaban J connectivity index is 2.54. The number of nitrogen functional groups attached to an aromatic ring is 1. The molecule has 1 fully saturated rings. The summed E-state index contributed by atoms with van der Waals surface area (Å²) < 4.78 is 27.2. The number of hydrogen-bond donors (Lipinski definition) is 3. The Morgan fingerprint density at radius 1 is 1.40 bits per heavy atom. The maximum Gasteiger partial charge on any atom is 0.251 e. The molecule has 2 heterocycles. The van der Waals surface area contributed by atoms with Crippen molar-refractivity contribution < 1.29 is 18.4 Å². The van der Waals surface area contributed by atoms with Crippen molar-refractivity contribution >= 4 is 23.5 Å². The number of imide groups is 1. The SMILES string of the molecule is CC1(C)C(=O)NC(=O)CN1c1nc(NN)c(F)cc1F. The summed E-state index contributed by atoms with van der Waals surface area (Å²) in [5, 5.41) is 2.14.